The van der Waals surface area contributed by atoms with Gasteiger partial charge in [0.1, 0.15) is 5.75 Å². The minimum atomic E-state index is -0.504. The van der Waals surface area contributed by atoms with Crippen molar-refractivity contribution >= 4 is 17.9 Å². The Bertz CT molecular complexity index is 770. The molecule has 22 heavy (non-hydrogen) atoms. The van der Waals surface area contributed by atoms with Gasteiger partial charge in [0.05, 0.1) is 13.4 Å². The summed E-state index contributed by atoms with van der Waals surface area (Å²) in [5.41, 5.74) is 1.13. The van der Waals surface area contributed by atoms with Gasteiger partial charge in [-0.2, -0.15) is 0 Å². The summed E-state index contributed by atoms with van der Waals surface area (Å²) in [6, 6.07) is 11.0. The van der Waals surface area contributed by atoms with Crippen LogP contribution in [0.25, 0.3) is 6.08 Å². The maximum Gasteiger partial charge on any atom is 0.363 e. The summed E-state index contributed by atoms with van der Waals surface area (Å²) in [5.74, 6) is 0.847. The fraction of sp³-hybridized carbons (Fsp3) is 0.0588. The number of benzene rings is 1. The topological polar surface area (TPSA) is 61.0 Å². The Morgan fingerprint density at radius 1 is 1.18 bits per heavy atom. The second-order valence-electron chi connectivity index (χ2n) is 4.44. The molecule has 1 aromatic carbocycles. The van der Waals surface area contributed by atoms with Gasteiger partial charge < -0.3 is 13.9 Å². The Morgan fingerprint density at radius 3 is 2.82 bits per heavy atom. The molecule has 0 fully saturated rings. The number of esters is 1. The zero-order valence-electron chi connectivity index (χ0n) is 11.9. The molecule has 2 heterocycles. The molecule has 1 aliphatic heterocycles. The molecule has 110 valence electrons. The number of ether oxygens (including phenoxy) is 2. The minimum Gasteiger partial charge on any atom is -0.496 e. The van der Waals surface area contributed by atoms with E-state index in [9.17, 15) is 4.79 Å². The fourth-order valence-corrected chi connectivity index (χ4v) is 1.98. The average Bonchev–Trinajstić information content (AvgIpc) is 3.18. The van der Waals surface area contributed by atoms with E-state index in [1.54, 1.807) is 31.4 Å². The monoisotopic (exact) mass is 295 g/mol. The van der Waals surface area contributed by atoms with Crippen LogP contribution in [-0.4, -0.2) is 19.0 Å². The molecule has 3 rings (SSSR count). The van der Waals surface area contributed by atoms with Gasteiger partial charge in [-0.15, -0.1) is 0 Å². The van der Waals surface area contributed by atoms with Crippen LogP contribution in [0.3, 0.4) is 0 Å². The second kappa shape index (κ2) is 6.13. The van der Waals surface area contributed by atoms with E-state index in [-0.39, 0.29) is 11.6 Å². The molecule has 0 spiro atoms. The highest BCUT2D eigenvalue weighted by atomic mass is 16.6. The van der Waals surface area contributed by atoms with Crippen LogP contribution in [0.4, 0.5) is 0 Å². The highest BCUT2D eigenvalue weighted by molar-refractivity contribution is 6.10. The van der Waals surface area contributed by atoms with Crippen molar-refractivity contribution in [1.82, 2.24) is 0 Å². The zero-order valence-corrected chi connectivity index (χ0v) is 11.9. The lowest BCUT2D eigenvalue weighted by Gasteiger charge is -2.02. The van der Waals surface area contributed by atoms with Crippen molar-refractivity contribution in [3.05, 3.63) is 71.8 Å². The molecule has 0 N–H and O–H groups in total. The van der Waals surface area contributed by atoms with E-state index in [0.29, 0.717) is 5.76 Å². The van der Waals surface area contributed by atoms with Crippen LogP contribution < -0.4 is 4.74 Å². The number of carbonyl (C=O) groups is 1. The highest BCUT2D eigenvalue weighted by Gasteiger charge is 2.25. The standard InChI is InChI=1S/C17H13NO4/c1-20-14-9-3-2-6-12(14)7-4-8-13-17(19)22-16(18-13)15-10-5-11-21-15/h2-11H,1H3. The smallest absolute Gasteiger partial charge is 0.363 e. The summed E-state index contributed by atoms with van der Waals surface area (Å²) < 4.78 is 15.5. The van der Waals surface area contributed by atoms with Crippen molar-refractivity contribution in [3.8, 4) is 5.75 Å². The molecule has 0 aliphatic carbocycles. The van der Waals surface area contributed by atoms with Crippen LogP contribution >= 0.6 is 0 Å². The van der Waals surface area contributed by atoms with Gasteiger partial charge in [0, 0.05) is 5.56 Å². The van der Waals surface area contributed by atoms with Gasteiger partial charge in [-0.3, -0.25) is 0 Å². The minimum absolute atomic E-state index is 0.173. The first kappa shape index (κ1) is 13.9. The summed E-state index contributed by atoms with van der Waals surface area (Å²) in [6.45, 7) is 0. The quantitative estimate of drug-likeness (QED) is 0.642. The van der Waals surface area contributed by atoms with Crippen molar-refractivity contribution in [2.24, 2.45) is 4.99 Å². The summed E-state index contributed by atoms with van der Waals surface area (Å²) in [7, 11) is 1.61. The van der Waals surface area contributed by atoms with Gasteiger partial charge in [0.15, 0.2) is 11.5 Å². The third kappa shape index (κ3) is 2.83. The van der Waals surface area contributed by atoms with Gasteiger partial charge in [0.2, 0.25) is 0 Å². The molecular weight excluding hydrogens is 282 g/mol. The van der Waals surface area contributed by atoms with Crippen LogP contribution in [0.2, 0.25) is 0 Å². The van der Waals surface area contributed by atoms with Gasteiger partial charge in [-0.1, -0.05) is 30.4 Å². The summed E-state index contributed by atoms with van der Waals surface area (Å²) in [6.07, 6.45) is 6.64. The number of aliphatic imine (C=N–C) groups is 1. The summed E-state index contributed by atoms with van der Waals surface area (Å²) >= 11 is 0. The van der Waals surface area contributed by atoms with Crippen molar-refractivity contribution in [1.29, 1.82) is 0 Å². The van der Waals surface area contributed by atoms with Crippen molar-refractivity contribution in [3.63, 3.8) is 0 Å². The van der Waals surface area contributed by atoms with Gasteiger partial charge >= 0.3 is 5.97 Å². The predicted molar refractivity (Wildman–Crippen MR) is 81.4 cm³/mol. The third-order valence-electron chi connectivity index (χ3n) is 3.02. The van der Waals surface area contributed by atoms with E-state index in [4.69, 9.17) is 13.9 Å². The Kier molecular flexibility index (Phi) is 3.87. The lowest BCUT2D eigenvalue weighted by Crippen LogP contribution is -2.03. The fourth-order valence-electron chi connectivity index (χ4n) is 1.98. The van der Waals surface area contributed by atoms with Crippen molar-refractivity contribution < 1.29 is 18.7 Å². The molecule has 0 unspecified atom stereocenters. The third-order valence-corrected chi connectivity index (χ3v) is 3.02. The normalized spacial score (nSPS) is 16.1. The maximum absolute atomic E-state index is 11.7. The summed E-state index contributed by atoms with van der Waals surface area (Å²) in [5, 5.41) is 0. The Balaban J connectivity index is 1.80. The molecule has 0 amide bonds. The Hall–Kier alpha value is -3.08. The molecule has 0 saturated carbocycles. The number of rotatable bonds is 4. The van der Waals surface area contributed by atoms with Gasteiger partial charge in [-0.25, -0.2) is 9.79 Å². The van der Waals surface area contributed by atoms with Gasteiger partial charge in [0.25, 0.3) is 5.90 Å². The van der Waals surface area contributed by atoms with E-state index in [1.807, 2.05) is 30.3 Å². The van der Waals surface area contributed by atoms with E-state index in [0.717, 1.165) is 11.3 Å². The highest BCUT2D eigenvalue weighted by Crippen LogP contribution is 2.20. The first-order chi connectivity index (χ1) is 10.8. The Labute approximate surface area is 127 Å². The molecule has 0 saturated heterocycles. The van der Waals surface area contributed by atoms with E-state index >= 15 is 0 Å². The number of carbonyl (C=O) groups excluding carboxylic acids is 1. The van der Waals surface area contributed by atoms with Crippen LogP contribution in [0.5, 0.6) is 5.75 Å². The summed E-state index contributed by atoms with van der Waals surface area (Å²) in [4.78, 5) is 15.9. The molecule has 0 atom stereocenters. The Morgan fingerprint density at radius 2 is 2.05 bits per heavy atom. The predicted octanol–water partition coefficient (Wildman–Crippen LogP) is 3.19. The molecule has 1 aliphatic rings. The van der Waals surface area contributed by atoms with E-state index in [1.165, 1.54) is 6.26 Å². The lowest BCUT2D eigenvalue weighted by atomic mass is 10.2. The number of furan rings is 1. The molecular formula is C17H13NO4. The molecule has 5 heteroatoms. The molecule has 0 bridgehead atoms. The van der Waals surface area contributed by atoms with Crippen molar-refractivity contribution in [2.45, 2.75) is 0 Å². The number of allylic oxidation sites excluding steroid dienone is 2. The first-order valence-electron chi connectivity index (χ1n) is 6.64. The molecule has 5 nitrogen and oxygen atoms in total. The molecule has 2 aromatic rings. The lowest BCUT2D eigenvalue weighted by molar-refractivity contribution is -0.130. The van der Waals surface area contributed by atoms with Gasteiger partial charge in [-0.05, 0) is 24.3 Å². The largest absolute Gasteiger partial charge is 0.496 e. The number of cyclic esters (lactones) is 1. The average molecular weight is 295 g/mol. The molecule has 0 radical (unpaired) electrons. The number of para-hydroxylation sites is 1. The van der Waals surface area contributed by atoms with Crippen LogP contribution in [0.1, 0.15) is 11.3 Å². The zero-order chi connectivity index (χ0) is 15.4. The van der Waals surface area contributed by atoms with E-state index < -0.39 is 5.97 Å². The number of hydrogen-bond acceptors (Lipinski definition) is 5. The number of methoxy groups -OCH3 is 1. The first-order valence-corrected chi connectivity index (χ1v) is 6.64. The van der Waals surface area contributed by atoms with Crippen LogP contribution in [0.15, 0.2) is 69.9 Å². The van der Waals surface area contributed by atoms with Crippen molar-refractivity contribution in [2.75, 3.05) is 7.11 Å². The molecule has 1 aromatic heterocycles. The number of nitrogens with zero attached hydrogens (tertiary/aromatic N) is 1. The maximum atomic E-state index is 11.7. The number of hydrogen-bond donors (Lipinski definition) is 0. The van der Waals surface area contributed by atoms with Crippen LogP contribution in [0, 0.1) is 0 Å². The van der Waals surface area contributed by atoms with E-state index in [2.05, 4.69) is 4.99 Å². The SMILES string of the molecule is COc1ccccc1C=CC=C1N=C(c2ccco2)OC1=O. The van der Waals surface area contributed by atoms with Crippen LogP contribution in [-0.2, 0) is 9.53 Å². The second-order valence-corrected chi connectivity index (χ2v) is 4.44.